The van der Waals surface area contributed by atoms with E-state index in [1.54, 1.807) is 19.9 Å². The molecule has 0 fully saturated rings. The summed E-state index contributed by atoms with van der Waals surface area (Å²) in [6, 6.07) is 2.20. The molecular formula is C12H12F2N2O2. The van der Waals surface area contributed by atoms with Crippen molar-refractivity contribution in [2.45, 2.75) is 19.9 Å². The molecule has 0 aliphatic carbocycles. The van der Waals surface area contributed by atoms with Crippen LogP contribution in [-0.2, 0) is 4.79 Å². The fourth-order valence-corrected chi connectivity index (χ4v) is 1.44. The molecule has 2 N–H and O–H groups in total. The molecule has 0 bridgehead atoms. The van der Waals surface area contributed by atoms with Gasteiger partial charge in [-0.05, 0) is 18.1 Å². The van der Waals surface area contributed by atoms with Crippen LogP contribution in [0.3, 0.4) is 0 Å². The van der Waals surface area contributed by atoms with Crippen molar-refractivity contribution in [3.63, 3.8) is 0 Å². The number of benzene rings is 1. The Morgan fingerprint density at radius 3 is 2.22 bits per heavy atom. The number of anilines is 1. The first-order valence-corrected chi connectivity index (χ1v) is 5.25. The Bertz CT molecular complexity index is 486. The van der Waals surface area contributed by atoms with Gasteiger partial charge in [0.1, 0.15) is 11.7 Å². The number of nitrogens with zero attached hydrogens (tertiary/aromatic N) is 1. The van der Waals surface area contributed by atoms with Crippen molar-refractivity contribution in [1.82, 2.24) is 0 Å². The molecule has 0 radical (unpaired) electrons. The van der Waals surface area contributed by atoms with Crippen molar-refractivity contribution in [1.29, 1.82) is 5.26 Å². The molecule has 0 aliphatic rings. The maximum Gasteiger partial charge on any atom is 0.326 e. The van der Waals surface area contributed by atoms with Crippen LogP contribution in [0.15, 0.2) is 12.1 Å². The van der Waals surface area contributed by atoms with E-state index in [4.69, 9.17) is 10.4 Å². The van der Waals surface area contributed by atoms with Crippen molar-refractivity contribution in [3.8, 4) is 6.07 Å². The Hall–Kier alpha value is -2.16. The molecule has 0 unspecified atom stereocenters. The van der Waals surface area contributed by atoms with Crippen molar-refractivity contribution >= 4 is 11.7 Å². The lowest BCUT2D eigenvalue weighted by Gasteiger charge is -2.19. The van der Waals surface area contributed by atoms with E-state index in [1.807, 2.05) is 0 Å². The average Bonchev–Trinajstić information content (AvgIpc) is 2.26. The Balaban J connectivity index is 3.12. The minimum atomic E-state index is -1.20. The lowest BCUT2D eigenvalue weighted by atomic mass is 10.0. The molecule has 0 amide bonds. The quantitative estimate of drug-likeness (QED) is 0.865. The highest BCUT2D eigenvalue weighted by atomic mass is 19.1. The molecule has 1 atom stereocenters. The molecule has 1 aromatic rings. The molecule has 0 spiro atoms. The third-order valence-corrected chi connectivity index (χ3v) is 2.40. The van der Waals surface area contributed by atoms with Gasteiger partial charge >= 0.3 is 5.97 Å². The van der Waals surface area contributed by atoms with Gasteiger partial charge in [0.15, 0.2) is 11.6 Å². The normalized spacial score (nSPS) is 12.0. The SMILES string of the molecule is CC(C)[C@H](Nc1c(F)cc(C#N)cc1F)C(=O)O. The number of hydrogen-bond donors (Lipinski definition) is 2. The summed E-state index contributed by atoms with van der Waals surface area (Å²) in [6.07, 6.45) is 0. The first-order chi connectivity index (χ1) is 8.36. The van der Waals surface area contributed by atoms with E-state index in [1.165, 1.54) is 0 Å². The Kier molecular flexibility index (Phi) is 4.21. The second-order valence-corrected chi connectivity index (χ2v) is 4.13. The van der Waals surface area contributed by atoms with Crippen LogP contribution >= 0.6 is 0 Å². The second-order valence-electron chi connectivity index (χ2n) is 4.13. The molecule has 1 aromatic carbocycles. The molecule has 0 aromatic heterocycles. The maximum atomic E-state index is 13.5. The molecule has 0 saturated heterocycles. The Labute approximate surface area is 103 Å². The summed E-state index contributed by atoms with van der Waals surface area (Å²) in [5.74, 6) is -3.53. The average molecular weight is 254 g/mol. The third kappa shape index (κ3) is 2.94. The maximum absolute atomic E-state index is 13.5. The largest absolute Gasteiger partial charge is 0.480 e. The number of carbonyl (C=O) groups is 1. The number of aliphatic carboxylic acids is 1. The second kappa shape index (κ2) is 5.45. The Morgan fingerprint density at radius 2 is 1.89 bits per heavy atom. The highest BCUT2D eigenvalue weighted by Crippen LogP contribution is 2.22. The van der Waals surface area contributed by atoms with Crippen molar-refractivity contribution in [3.05, 3.63) is 29.3 Å². The standard InChI is InChI=1S/C12H12F2N2O2/c1-6(2)10(12(17)18)16-11-8(13)3-7(5-15)4-9(11)14/h3-4,6,10,16H,1-2H3,(H,17,18)/t10-/m0/s1. The van der Waals surface area contributed by atoms with Crippen LogP contribution < -0.4 is 5.32 Å². The molecule has 6 heteroatoms. The van der Waals surface area contributed by atoms with E-state index in [0.717, 1.165) is 12.1 Å². The molecule has 1 rings (SSSR count). The van der Waals surface area contributed by atoms with Crippen molar-refractivity contribution < 1.29 is 18.7 Å². The predicted octanol–water partition coefficient (Wildman–Crippen LogP) is 2.36. The van der Waals surface area contributed by atoms with E-state index in [2.05, 4.69) is 5.32 Å². The molecule has 0 heterocycles. The summed E-state index contributed by atoms with van der Waals surface area (Å²) in [7, 11) is 0. The van der Waals surface area contributed by atoms with Crippen LogP contribution in [0.4, 0.5) is 14.5 Å². The van der Waals surface area contributed by atoms with Gasteiger partial charge in [-0.1, -0.05) is 13.8 Å². The monoisotopic (exact) mass is 254 g/mol. The van der Waals surface area contributed by atoms with Gasteiger partial charge in [0, 0.05) is 0 Å². The number of carboxylic acids is 1. The topological polar surface area (TPSA) is 73.1 Å². The number of carboxylic acid groups (broad SMARTS) is 1. The lowest BCUT2D eigenvalue weighted by Crippen LogP contribution is -2.35. The number of rotatable bonds is 4. The summed E-state index contributed by atoms with van der Waals surface area (Å²) in [6.45, 7) is 3.23. The first kappa shape index (κ1) is 13.9. The van der Waals surface area contributed by atoms with E-state index >= 15 is 0 Å². The Morgan fingerprint density at radius 1 is 1.39 bits per heavy atom. The zero-order valence-corrected chi connectivity index (χ0v) is 9.87. The number of nitrogens with one attached hydrogen (secondary N) is 1. The van der Waals surface area contributed by atoms with E-state index < -0.39 is 29.3 Å². The van der Waals surface area contributed by atoms with Gasteiger partial charge in [-0.2, -0.15) is 5.26 Å². The number of hydrogen-bond acceptors (Lipinski definition) is 3. The first-order valence-electron chi connectivity index (χ1n) is 5.25. The van der Waals surface area contributed by atoms with Gasteiger partial charge in [0.25, 0.3) is 0 Å². The molecule has 18 heavy (non-hydrogen) atoms. The van der Waals surface area contributed by atoms with Gasteiger partial charge in [-0.15, -0.1) is 0 Å². The van der Waals surface area contributed by atoms with Gasteiger partial charge < -0.3 is 10.4 Å². The smallest absolute Gasteiger partial charge is 0.326 e. The summed E-state index contributed by atoms with van der Waals surface area (Å²) in [5.41, 5.74) is -0.693. The van der Waals surface area contributed by atoms with Crippen LogP contribution in [0.5, 0.6) is 0 Å². The van der Waals surface area contributed by atoms with Crippen molar-refractivity contribution in [2.24, 2.45) is 5.92 Å². The van der Waals surface area contributed by atoms with Gasteiger partial charge in [0.05, 0.1) is 11.6 Å². The molecule has 0 aliphatic heterocycles. The summed E-state index contributed by atoms with van der Waals surface area (Å²) >= 11 is 0. The zero-order chi connectivity index (χ0) is 13.9. The number of halogens is 2. The molecule has 0 saturated carbocycles. The van der Waals surface area contributed by atoms with Gasteiger partial charge in [-0.25, -0.2) is 13.6 Å². The lowest BCUT2D eigenvalue weighted by molar-refractivity contribution is -0.138. The highest BCUT2D eigenvalue weighted by Gasteiger charge is 2.24. The summed E-state index contributed by atoms with van der Waals surface area (Å²) in [5, 5.41) is 19.8. The number of nitriles is 1. The van der Waals surface area contributed by atoms with Crippen LogP contribution in [0.25, 0.3) is 0 Å². The highest BCUT2D eigenvalue weighted by molar-refractivity contribution is 5.77. The van der Waals surface area contributed by atoms with Crippen LogP contribution in [-0.4, -0.2) is 17.1 Å². The molecular weight excluding hydrogens is 242 g/mol. The van der Waals surface area contributed by atoms with Crippen LogP contribution in [0, 0.1) is 28.9 Å². The minimum absolute atomic E-state index is 0.160. The van der Waals surface area contributed by atoms with Crippen LogP contribution in [0.1, 0.15) is 19.4 Å². The van der Waals surface area contributed by atoms with Gasteiger partial charge in [-0.3, -0.25) is 0 Å². The van der Waals surface area contributed by atoms with E-state index in [-0.39, 0.29) is 11.5 Å². The van der Waals surface area contributed by atoms with Crippen molar-refractivity contribution in [2.75, 3.05) is 5.32 Å². The van der Waals surface area contributed by atoms with E-state index in [0.29, 0.717) is 0 Å². The minimum Gasteiger partial charge on any atom is -0.480 e. The fraction of sp³-hybridized carbons (Fsp3) is 0.333. The third-order valence-electron chi connectivity index (χ3n) is 2.40. The van der Waals surface area contributed by atoms with Crippen LogP contribution in [0.2, 0.25) is 0 Å². The van der Waals surface area contributed by atoms with E-state index in [9.17, 15) is 13.6 Å². The summed E-state index contributed by atoms with van der Waals surface area (Å²) in [4.78, 5) is 10.9. The summed E-state index contributed by atoms with van der Waals surface area (Å²) < 4.78 is 27.1. The predicted molar refractivity (Wildman–Crippen MR) is 61.0 cm³/mol. The fourth-order valence-electron chi connectivity index (χ4n) is 1.44. The molecule has 96 valence electrons. The van der Waals surface area contributed by atoms with Gasteiger partial charge in [0.2, 0.25) is 0 Å². The molecule has 4 nitrogen and oxygen atoms in total. The zero-order valence-electron chi connectivity index (χ0n) is 9.87.